The second-order valence-corrected chi connectivity index (χ2v) is 8.71. The van der Waals surface area contributed by atoms with Gasteiger partial charge >= 0.3 is 7.75 Å². The second-order valence-electron chi connectivity index (χ2n) is 6.69. The van der Waals surface area contributed by atoms with Gasteiger partial charge in [-0.3, -0.25) is 0 Å². The van der Waals surface area contributed by atoms with Gasteiger partial charge in [-0.05, 0) is 36.6 Å². The van der Waals surface area contributed by atoms with E-state index >= 15 is 0 Å². The predicted molar refractivity (Wildman–Crippen MR) is 123 cm³/mol. The molecule has 2 aliphatic carbocycles. The van der Waals surface area contributed by atoms with Crippen molar-refractivity contribution < 1.29 is 14.0 Å². The van der Waals surface area contributed by atoms with Crippen LogP contribution in [0.2, 0.25) is 0 Å². The molecule has 2 unspecified atom stereocenters. The first-order valence-corrected chi connectivity index (χ1v) is 11.7. The first-order valence-electron chi connectivity index (χ1n) is 10.1. The van der Waals surface area contributed by atoms with Crippen molar-refractivity contribution in [2.75, 3.05) is 20.7 Å². The molecule has 0 spiro atoms. The molecule has 0 amide bonds. The van der Waals surface area contributed by atoms with Gasteiger partial charge in [-0.2, -0.15) is 0 Å². The highest BCUT2D eigenvalue weighted by atomic mass is 31.2. The zero-order valence-electron chi connectivity index (χ0n) is 17.8. The summed E-state index contributed by atoms with van der Waals surface area (Å²) in [6.07, 6.45) is 18.8. The molecule has 0 fully saturated rings. The summed E-state index contributed by atoms with van der Waals surface area (Å²) in [6, 6.07) is 8.39. The van der Waals surface area contributed by atoms with Crippen LogP contribution in [-0.2, 0) is 9.09 Å². The van der Waals surface area contributed by atoms with Crippen LogP contribution >= 0.6 is 7.75 Å². The highest BCUT2D eigenvalue weighted by molar-refractivity contribution is 7.50. The van der Waals surface area contributed by atoms with Crippen LogP contribution in [-0.4, -0.2) is 30.3 Å². The van der Waals surface area contributed by atoms with Gasteiger partial charge in [0.1, 0.15) is 0 Å². The number of hydrogen-bond acceptors (Lipinski definition) is 2. The number of benzene rings is 1. The van der Waals surface area contributed by atoms with Gasteiger partial charge in [0.2, 0.25) is 0 Å². The third kappa shape index (κ3) is 6.01. The molecule has 156 valence electrons. The maximum atomic E-state index is 11.9. The van der Waals surface area contributed by atoms with Gasteiger partial charge in [-0.25, -0.2) is 9.24 Å². The number of fused-ring (bicyclic) bond motifs is 2. The molecule has 5 heteroatoms. The molecule has 0 aromatic heterocycles. The van der Waals surface area contributed by atoms with Gasteiger partial charge in [0.05, 0.1) is 0 Å². The predicted octanol–water partition coefficient (Wildman–Crippen LogP) is 6.25. The monoisotopic (exact) mass is 413 g/mol. The van der Waals surface area contributed by atoms with Gasteiger partial charge in [0.25, 0.3) is 0 Å². The molecular formula is C24H32NO3P. The number of nitrogens with zero attached hydrogens (tertiary/aromatic N) is 1. The Morgan fingerprint density at radius 2 is 2.00 bits per heavy atom. The van der Waals surface area contributed by atoms with Crippen molar-refractivity contribution in [1.29, 1.82) is 0 Å². The molecule has 3 rings (SSSR count). The van der Waals surface area contributed by atoms with Crippen LogP contribution < -0.4 is 0 Å². The van der Waals surface area contributed by atoms with Crippen LogP contribution in [0.5, 0.6) is 0 Å². The Hall–Kier alpha value is -1.97. The Morgan fingerprint density at radius 1 is 1.24 bits per heavy atom. The molecule has 0 radical (unpaired) electrons. The molecule has 0 bridgehead atoms. The third-order valence-corrected chi connectivity index (χ3v) is 6.52. The average molecular weight is 413 g/mol. The minimum Gasteiger partial charge on any atom is -0.312 e. The minimum absolute atomic E-state index is 0.194. The standard InChI is InChI=1S/C22H26NO3P.C2H6/c1-23(27(24,25)26-2)17-9-16-22-20-14-5-3-4-10-18(20)12-8-13-19-11-6-7-15-21(19)22;1-2/h3-8,10-11,13-16,20H,9,12,17H2,1-2H3,(H,24,25);1-2H3/b13-8-,22-16+;. The van der Waals surface area contributed by atoms with Crippen LogP contribution in [0, 0.1) is 5.92 Å². The van der Waals surface area contributed by atoms with E-state index in [0.717, 1.165) is 6.42 Å². The van der Waals surface area contributed by atoms with Crippen LogP contribution in [0.25, 0.3) is 11.6 Å². The molecule has 1 N–H and O–H groups in total. The quantitative estimate of drug-likeness (QED) is 0.580. The maximum absolute atomic E-state index is 11.9. The lowest BCUT2D eigenvalue weighted by Crippen LogP contribution is -2.17. The van der Waals surface area contributed by atoms with Crippen LogP contribution in [0.15, 0.2) is 72.4 Å². The van der Waals surface area contributed by atoms with Crippen molar-refractivity contribution in [3.8, 4) is 0 Å². The smallest absolute Gasteiger partial charge is 0.312 e. The van der Waals surface area contributed by atoms with E-state index in [1.165, 1.54) is 34.1 Å². The highest BCUT2D eigenvalue weighted by Crippen LogP contribution is 2.44. The first-order chi connectivity index (χ1) is 14.0. The Morgan fingerprint density at radius 3 is 2.76 bits per heavy atom. The van der Waals surface area contributed by atoms with E-state index < -0.39 is 7.75 Å². The summed E-state index contributed by atoms with van der Waals surface area (Å²) in [5.41, 5.74) is 4.98. The Labute approximate surface area is 175 Å². The number of allylic oxidation sites excluding steroid dienone is 8. The lowest BCUT2D eigenvalue weighted by atomic mass is 9.81. The van der Waals surface area contributed by atoms with Gasteiger partial charge in [0.15, 0.2) is 0 Å². The van der Waals surface area contributed by atoms with Crippen LogP contribution in [0.3, 0.4) is 0 Å². The largest absolute Gasteiger partial charge is 0.405 e. The summed E-state index contributed by atoms with van der Waals surface area (Å²) >= 11 is 0. The molecule has 2 aliphatic rings. The molecule has 0 saturated heterocycles. The van der Waals surface area contributed by atoms with E-state index in [-0.39, 0.29) is 5.92 Å². The maximum Gasteiger partial charge on any atom is 0.405 e. The summed E-state index contributed by atoms with van der Waals surface area (Å²) in [5.74, 6) is 0.194. The molecule has 1 aromatic rings. The lowest BCUT2D eigenvalue weighted by molar-refractivity contribution is 0.253. The van der Waals surface area contributed by atoms with E-state index in [1.54, 1.807) is 7.05 Å². The highest BCUT2D eigenvalue weighted by Gasteiger charge is 2.24. The molecule has 0 heterocycles. The van der Waals surface area contributed by atoms with Crippen molar-refractivity contribution in [1.82, 2.24) is 4.67 Å². The van der Waals surface area contributed by atoms with E-state index in [1.807, 2.05) is 13.8 Å². The Balaban J connectivity index is 0.00000145. The zero-order valence-corrected chi connectivity index (χ0v) is 18.7. The molecule has 2 atom stereocenters. The van der Waals surface area contributed by atoms with Gasteiger partial charge in [0, 0.05) is 19.6 Å². The van der Waals surface area contributed by atoms with E-state index in [0.29, 0.717) is 13.0 Å². The summed E-state index contributed by atoms with van der Waals surface area (Å²) in [5, 5.41) is 0. The lowest BCUT2D eigenvalue weighted by Gasteiger charge is -2.24. The fourth-order valence-corrected chi connectivity index (χ4v) is 4.10. The summed E-state index contributed by atoms with van der Waals surface area (Å²) < 4.78 is 18.0. The summed E-state index contributed by atoms with van der Waals surface area (Å²) in [6.45, 7) is 4.44. The number of rotatable bonds is 5. The zero-order chi connectivity index (χ0) is 21.3. The van der Waals surface area contributed by atoms with E-state index in [4.69, 9.17) is 4.52 Å². The number of hydrogen-bond donors (Lipinski definition) is 1. The van der Waals surface area contributed by atoms with Crippen molar-refractivity contribution >= 4 is 19.4 Å². The van der Waals surface area contributed by atoms with Gasteiger partial charge < -0.3 is 9.42 Å². The van der Waals surface area contributed by atoms with E-state index in [9.17, 15) is 9.46 Å². The van der Waals surface area contributed by atoms with Crippen molar-refractivity contribution in [3.63, 3.8) is 0 Å². The summed E-state index contributed by atoms with van der Waals surface area (Å²) in [4.78, 5) is 9.79. The van der Waals surface area contributed by atoms with Crippen LogP contribution in [0.4, 0.5) is 0 Å². The summed E-state index contributed by atoms with van der Waals surface area (Å²) in [7, 11) is -0.827. The first kappa shape index (κ1) is 23.3. The molecule has 1 aromatic carbocycles. The van der Waals surface area contributed by atoms with Gasteiger partial charge in [-0.15, -0.1) is 0 Å². The second kappa shape index (κ2) is 11.3. The minimum atomic E-state index is -3.69. The third-order valence-electron chi connectivity index (χ3n) is 4.98. The molecule has 29 heavy (non-hydrogen) atoms. The normalized spacial score (nSPS) is 22.2. The van der Waals surface area contributed by atoms with Crippen LogP contribution in [0.1, 0.15) is 37.8 Å². The Bertz CT molecular complexity index is 880. The van der Waals surface area contributed by atoms with Crippen molar-refractivity contribution in [3.05, 3.63) is 83.5 Å². The molecule has 0 saturated carbocycles. The molecule has 4 nitrogen and oxygen atoms in total. The van der Waals surface area contributed by atoms with Gasteiger partial charge in [-0.1, -0.05) is 92.3 Å². The van der Waals surface area contributed by atoms with Crippen molar-refractivity contribution in [2.24, 2.45) is 5.92 Å². The van der Waals surface area contributed by atoms with Crippen molar-refractivity contribution in [2.45, 2.75) is 26.7 Å². The SMILES string of the molecule is CC.COP(=O)(O)N(C)CC/C=C1/c2ccccc2/C=C\CC2=CC=CC=CC21. The molecular weight excluding hydrogens is 381 g/mol. The molecule has 0 aliphatic heterocycles. The fourth-order valence-electron chi connectivity index (χ4n) is 3.45. The van der Waals surface area contributed by atoms with E-state index in [2.05, 4.69) is 72.9 Å². The fraction of sp³-hybridized carbons (Fsp3) is 0.333. The average Bonchev–Trinajstić information content (AvgIpc) is 2.97. The topological polar surface area (TPSA) is 49.8 Å². The Kier molecular flexibility index (Phi) is 9.06.